The van der Waals surface area contributed by atoms with Gasteiger partial charge in [-0.05, 0) is 21.8 Å². The summed E-state index contributed by atoms with van der Waals surface area (Å²) in [5, 5.41) is 0. The number of pyridine rings is 1. The third-order valence-corrected chi connectivity index (χ3v) is 2.24. The van der Waals surface area contributed by atoms with Crippen molar-refractivity contribution >= 4 is 21.9 Å². The Morgan fingerprint density at radius 1 is 1.56 bits per heavy atom. The Balaban J connectivity index is 2.95. The van der Waals surface area contributed by atoms with Crippen LogP contribution in [0.25, 0.3) is 0 Å². The van der Waals surface area contributed by atoms with Crippen LogP contribution in [0.15, 0.2) is 10.8 Å². The maximum Gasteiger partial charge on any atom is 0.344 e. The predicted octanol–water partition coefficient (Wildman–Crippen LogP) is 2.94. The Labute approximate surface area is 99.9 Å². The molecule has 0 fully saturated rings. The van der Waals surface area contributed by atoms with Crippen LogP contribution < -0.4 is 0 Å². The van der Waals surface area contributed by atoms with Crippen LogP contribution in [0.5, 0.6) is 0 Å². The van der Waals surface area contributed by atoms with E-state index in [0.717, 1.165) is 6.20 Å². The van der Waals surface area contributed by atoms with Crippen molar-refractivity contribution in [2.75, 3.05) is 6.61 Å². The van der Waals surface area contributed by atoms with E-state index in [1.54, 1.807) is 0 Å². The van der Waals surface area contributed by atoms with E-state index in [0.29, 0.717) is 0 Å². The van der Waals surface area contributed by atoms with Crippen molar-refractivity contribution in [3.05, 3.63) is 28.0 Å². The molecule has 0 saturated carbocycles. The lowest BCUT2D eigenvalue weighted by Crippen LogP contribution is -2.14. The van der Waals surface area contributed by atoms with Gasteiger partial charge in [0.1, 0.15) is 10.2 Å². The number of halogens is 3. The number of hydrogen-bond donors (Lipinski definition) is 0. The van der Waals surface area contributed by atoms with Crippen LogP contribution in [-0.4, -0.2) is 17.6 Å². The zero-order valence-electron chi connectivity index (χ0n) is 8.76. The van der Waals surface area contributed by atoms with E-state index < -0.39 is 23.2 Å². The predicted molar refractivity (Wildman–Crippen MR) is 57.0 cm³/mol. The lowest BCUT2D eigenvalue weighted by atomic mass is 10.2. The second-order valence-corrected chi connectivity index (χ2v) is 4.33. The van der Waals surface area contributed by atoms with E-state index >= 15 is 0 Å². The minimum atomic E-state index is -1.05. The standard InChI is InChI=1S/C10H10BrF2NO2/c1-5(2)4-16-10(15)7-6(12)3-14-9(11)8(7)13/h3,5H,4H2,1-2H3. The van der Waals surface area contributed by atoms with Crippen molar-refractivity contribution in [1.29, 1.82) is 0 Å². The number of rotatable bonds is 3. The van der Waals surface area contributed by atoms with Crippen LogP contribution in [-0.2, 0) is 4.74 Å². The molecule has 0 radical (unpaired) electrons. The Bertz CT molecular complexity index is 410. The average molecular weight is 294 g/mol. The molecule has 0 aliphatic rings. The van der Waals surface area contributed by atoms with E-state index in [1.165, 1.54) is 0 Å². The summed E-state index contributed by atoms with van der Waals surface area (Å²) in [7, 11) is 0. The minimum Gasteiger partial charge on any atom is -0.462 e. The van der Waals surface area contributed by atoms with Crippen molar-refractivity contribution < 1.29 is 18.3 Å². The van der Waals surface area contributed by atoms with Gasteiger partial charge in [-0.1, -0.05) is 13.8 Å². The Morgan fingerprint density at radius 2 is 2.19 bits per heavy atom. The quantitative estimate of drug-likeness (QED) is 0.635. The molecule has 0 atom stereocenters. The summed E-state index contributed by atoms with van der Waals surface area (Å²) >= 11 is 2.77. The summed E-state index contributed by atoms with van der Waals surface area (Å²) in [5.74, 6) is -3.00. The van der Waals surface area contributed by atoms with E-state index in [1.807, 2.05) is 13.8 Å². The summed E-state index contributed by atoms with van der Waals surface area (Å²) < 4.78 is 31.1. The monoisotopic (exact) mass is 293 g/mol. The van der Waals surface area contributed by atoms with Gasteiger partial charge < -0.3 is 4.74 Å². The fourth-order valence-corrected chi connectivity index (χ4v) is 1.24. The van der Waals surface area contributed by atoms with Crippen LogP contribution in [0.3, 0.4) is 0 Å². The van der Waals surface area contributed by atoms with Gasteiger partial charge in [-0.3, -0.25) is 0 Å². The van der Waals surface area contributed by atoms with Gasteiger partial charge in [0.05, 0.1) is 12.8 Å². The lowest BCUT2D eigenvalue weighted by Gasteiger charge is -2.08. The summed E-state index contributed by atoms with van der Waals surface area (Å²) in [6.07, 6.45) is 0.763. The van der Waals surface area contributed by atoms with Gasteiger partial charge in [-0.15, -0.1) is 0 Å². The van der Waals surface area contributed by atoms with E-state index in [9.17, 15) is 13.6 Å². The smallest absolute Gasteiger partial charge is 0.344 e. The SMILES string of the molecule is CC(C)COC(=O)c1c(F)cnc(Br)c1F. The summed E-state index contributed by atoms with van der Waals surface area (Å²) in [6, 6.07) is 0. The van der Waals surface area contributed by atoms with Gasteiger partial charge in [-0.25, -0.2) is 18.6 Å². The molecule has 0 bridgehead atoms. The van der Waals surface area contributed by atoms with Crippen LogP contribution in [0, 0.1) is 17.6 Å². The van der Waals surface area contributed by atoms with E-state index in [4.69, 9.17) is 4.74 Å². The van der Waals surface area contributed by atoms with Crippen molar-refractivity contribution in [1.82, 2.24) is 4.98 Å². The molecule has 0 spiro atoms. The molecule has 0 aliphatic heterocycles. The molecule has 0 aliphatic carbocycles. The second kappa shape index (κ2) is 5.34. The number of ether oxygens (including phenoxy) is 1. The number of aromatic nitrogens is 1. The maximum atomic E-state index is 13.4. The molecular weight excluding hydrogens is 284 g/mol. The topological polar surface area (TPSA) is 39.2 Å². The highest BCUT2D eigenvalue weighted by molar-refractivity contribution is 9.10. The minimum absolute atomic E-state index is 0.0975. The van der Waals surface area contributed by atoms with Crippen LogP contribution in [0.2, 0.25) is 0 Å². The lowest BCUT2D eigenvalue weighted by molar-refractivity contribution is 0.0447. The summed E-state index contributed by atoms with van der Waals surface area (Å²) in [5.41, 5.74) is -0.720. The first-order valence-electron chi connectivity index (χ1n) is 4.60. The van der Waals surface area contributed by atoms with Crippen molar-refractivity contribution in [2.45, 2.75) is 13.8 Å². The van der Waals surface area contributed by atoms with Gasteiger partial charge in [0.25, 0.3) is 0 Å². The molecule has 88 valence electrons. The van der Waals surface area contributed by atoms with Crippen LogP contribution in [0.1, 0.15) is 24.2 Å². The van der Waals surface area contributed by atoms with Crippen LogP contribution >= 0.6 is 15.9 Å². The first-order chi connectivity index (χ1) is 7.43. The van der Waals surface area contributed by atoms with Gasteiger partial charge in [0.15, 0.2) is 11.6 Å². The highest BCUT2D eigenvalue weighted by atomic mass is 79.9. The summed E-state index contributed by atoms with van der Waals surface area (Å²) in [4.78, 5) is 14.8. The largest absolute Gasteiger partial charge is 0.462 e. The third-order valence-electron chi connectivity index (χ3n) is 1.68. The number of nitrogens with zero attached hydrogens (tertiary/aromatic N) is 1. The Morgan fingerprint density at radius 3 is 2.75 bits per heavy atom. The molecular formula is C10H10BrF2NO2. The van der Waals surface area contributed by atoms with Gasteiger partial charge in [0, 0.05) is 0 Å². The highest BCUT2D eigenvalue weighted by Crippen LogP contribution is 2.19. The Hall–Kier alpha value is -1.04. The van der Waals surface area contributed by atoms with Gasteiger partial charge in [-0.2, -0.15) is 0 Å². The van der Waals surface area contributed by atoms with E-state index in [-0.39, 0.29) is 17.1 Å². The highest BCUT2D eigenvalue weighted by Gasteiger charge is 2.22. The molecule has 1 aromatic heterocycles. The molecule has 1 heterocycles. The van der Waals surface area contributed by atoms with Crippen molar-refractivity contribution in [2.24, 2.45) is 5.92 Å². The first kappa shape index (κ1) is 13.0. The second-order valence-electron chi connectivity index (χ2n) is 3.58. The number of carbonyl (C=O) groups is 1. The molecule has 0 aromatic carbocycles. The Kier molecular flexibility index (Phi) is 4.35. The van der Waals surface area contributed by atoms with Crippen molar-refractivity contribution in [3.63, 3.8) is 0 Å². The van der Waals surface area contributed by atoms with Gasteiger partial charge in [0.2, 0.25) is 0 Å². The zero-order chi connectivity index (χ0) is 12.3. The number of esters is 1. The molecule has 1 rings (SSSR count). The fourth-order valence-electron chi connectivity index (χ4n) is 0.944. The molecule has 1 aromatic rings. The number of carbonyl (C=O) groups excluding carboxylic acids is 1. The van der Waals surface area contributed by atoms with Gasteiger partial charge >= 0.3 is 5.97 Å². The molecule has 0 amide bonds. The molecule has 16 heavy (non-hydrogen) atoms. The molecule has 0 unspecified atom stereocenters. The fraction of sp³-hybridized carbons (Fsp3) is 0.400. The third kappa shape index (κ3) is 2.98. The molecule has 0 N–H and O–H groups in total. The average Bonchev–Trinajstić information content (AvgIpc) is 2.21. The van der Waals surface area contributed by atoms with Crippen molar-refractivity contribution in [3.8, 4) is 0 Å². The number of hydrogen-bond acceptors (Lipinski definition) is 3. The molecule has 0 saturated heterocycles. The molecule has 6 heteroatoms. The van der Waals surface area contributed by atoms with E-state index in [2.05, 4.69) is 20.9 Å². The zero-order valence-corrected chi connectivity index (χ0v) is 10.3. The first-order valence-corrected chi connectivity index (χ1v) is 5.39. The molecule has 3 nitrogen and oxygen atoms in total. The van der Waals surface area contributed by atoms with Crippen LogP contribution in [0.4, 0.5) is 8.78 Å². The summed E-state index contributed by atoms with van der Waals surface area (Å²) in [6.45, 7) is 3.75. The maximum absolute atomic E-state index is 13.4. The normalized spacial score (nSPS) is 10.6.